The van der Waals surface area contributed by atoms with Crippen molar-refractivity contribution in [3.05, 3.63) is 47.8 Å². The topological polar surface area (TPSA) is 66.9 Å². The van der Waals surface area contributed by atoms with E-state index in [0.717, 1.165) is 11.4 Å². The second kappa shape index (κ2) is 6.65. The van der Waals surface area contributed by atoms with Crippen LogP contribution in [0.25, 0.3) is 6.08 Å². The SMILES string of the molecule is CC(=O)NNc1nc(C/C=C/c2ccccc2)ns1. The average Bonchev–Trinajstić information content (AvgIpc) is 2.86. The van der Waals surface area contributed by atoms with Crippen LogP contribution in [-0.4, -0.2) is 15.3 Å². The maximum absolute atomic E-state index is 10.7. The van der Waals surface area contributed by atoms with Crippen molar-refractivity contribution < 1.29 is 4.79 Å². The summed E-state index contributed by atoms with van der Waals surface area (Å²) >= 11 is 1.22. The quantitative estimate of drug-likeness (QED) is 0.821. The highest BCUT2D eigenvalue weighted by atomic mass is 32.1. The summed E-state index contributed by atoms with van der Waals surface area (Å²) in [5, 5.41) is 0.582. The largest absolute Gasteiger partial charge is 0.274 e. The third-order valence-corrected chi connectivity index (χ3v) is 2.89. The third kappa shape index (κ3) is 4.51. The van der Waals surface area contributed by atoms with Crippen molar-refractivity contribution in [3.63, 3.8) is 0 Å². The summed E-state index contributed by atoms with van der Waals surface area (Å²) in [4.78, 5) is 15.0. The Kier molecular flexibility index (Phi) is 4.63. The highest BCUT2D eigenvalue weighted by Crippen LogP contribution is 2.11. The zero-order valence-electron chi connectivity index (χ0n) is 10.5. The Morgan fingerprint density at radius 3 is 2.89 bits per heavy atom. The number of aromatic nitrogens is 2. The molecule has 0 spiro atoms. The third-order valence-electron chi connectivity index (χ3n) is 2.22. The number of hydrogen-bond donors (Lipinski definition) is 2. The number of benzene rings is 1. The molecule has 0 saturated carbocycles. The highest BCUT2D eigenvalue weighted by Gasteiger charge is 2.01. The molecule has 1 aromatic carbocycles. The van der Waals surface area contributed by atoms with Gasteiger partial charge in [0.1, 0.15) is 5.82 Å². The van der Waals surface area contributed by atoms with Gasteiger partial charge < -0.3 is 0 Å². The number of rotatable bonds is 5. The molecule has 1 amide bonds. The van der Waals surface area contributed by atoms with E-state index >= 15 is 0 Å². The summed E-state index contributed by atoms with van der Waals surface area (Å²) in [5.41, 5.74) is 6.30. The molecule has 0 aliphatic heterocycles. The van der Waals surface area contributed by atoms with E-state index in [9.17, 15) is 4.79 Å². The Morgan fingerprint density at radius 1 is 1.37 bits per heavy atom. The Labute approximate surface area is 115 Å². The van der Waals surface area contributed by atoms with E-state index in [1.54, 1.807) is 0 Å². The molecule has 0 fully saturated rings. The minimum Gasteiger partial charge on any atom is -0.274 e. The monoisotopic (exact) mass is 274 g/mol. The molecule has 0 aliphatic carbocycles. The number of hydrogen-bond acceptors (Lipinski definition) is 5. The molecule has 0 saturated heterocycles. The van der Waals surface area contributed by atoms with E-state index in [4.69, 9.17) is 0 Å². The van der Waals surface area contributed by atoms with Crippen LogP contribution in [0.5, 0.6) is 0 Å². The molecule has 19 heavy (non-hydrogen) atoms. The number of nitrogens with zero attached hydrogens (tertiary/aromatic N) is 2. The molecule has 98 valence electrons. The molecule has 2 rings (SSSR count). The molecule has 6 heteroatoms. The number of nitrogens with one attached hydrogen (secondary N) is 2. The standard InChI is InChI=1S/C13H14N4OS/c1-10(18)15-16-13-14-12(17-19-13)9-5-8-11-6-3-2-4-7-11/h2-8H,9H2,1H3,(H,15,18)(H,14,16,17)/b8-5+. The number of carbonyl (C=O) groups excluding carboxylic acids is 1. The highest BCUT2D eigenvalue weighted by molar-refractivity contribution is 7.09. The molecular weight excluding hydrogens is 260 g/mol. The predicted octanol–water partition coefficient (Wildman–Crippen LogP) is 2.26. The first-order chi connectivity index (χ1) is 9.24. The summed E-state index contributed by atoms with van der Waals surface area (Å²) in [6.45, 7) is 1.43. The van der Waals surface area contributed by atoms with Crippen molar-refractivity contribution in [2.24, 2.45) is 0 Å². The molecule has 2 aromatic rings. The van der Waals surface area contributed by atoms with Gasteiger partial charge in [0.15, 0.2) is 0 Å². The van der Waals surface area contributed by atoms with Gasteiger partial charge in [-0.3, -0.25) is 15.6 Å². The molecule has 5 nitrogen and oxygen atoms in total. The Balaban J connectivity index is 1.86. The molecule has 0 bridgehead atoms. The Morgan fingerprint density at radius 2 is 2.16 bits per heavy atom. The molecule has 0 radical (unpaired) electrons. The van der Waals surface area contributed by atoms with Gasteiger partial charge in [0.25, 0.3) is 0 Å². The van der Waals surface area contributed by atoms with E-state index in [1.165, 1.54) is 18.5 Å². The van der Waals surface area contributed by atoms with Gasteiger partial charge in [-0.25, -0.2) is 4.98 Å². The lowest BCUT2D eigenvalue weighted by Gasteiger charge is -1.99. The zero-order chi connectivity index (χ0) is 13.5. The maximum atomic E-state index is 10.7. The summed E-state index contributed by atoms with van der Waals surface area (Å²) < 4.78 is 4.19. The molecule has 1 heterocycles. The number of allylic oxidation sites excluding steroid dienone is 1. The van der Waals surface area contributed by atoms with E-state index in [-0.39, 0.29) is 5.91 Å². The summed E-state index contributed by atoms with van der Waals surface area (Å²) in [7, 11) is 0. The van der Waals surface area contributed by atoms with Gasteiger partial charge >= 0.3 is 0 Å². The van der Waals surface area contributed by atoms with E-state index in [0.29, 0.717) is 11.6 Å². The first-order valence-electron chi connectivity index (χ1n) is 5.81. The van der Waals surface area contributed by atoms with Crippen LogP contribution in [0.15, 0.2) is 36.4 Å². The van der Waals surface area contributed by atoms with Crippen LogP contribution in [0.2, 0.25) is 0 Å². The number of amides is 1. The smallest absolute Gasteiger partial charge is 0.235 e. The second-order valence-corrected chi connectivity index (χ2v) is 4.59. The normalized spacial score (nSPS) is 10.6. The summed E-state index contributed by atoms with van der Waals surface area (Å²) in [5.74, 6) is 0.561. The van der Waals surface area contributed by atoms with E-state index < -0.39 is 0 Å². The molecule has 0 unspecified atom stereocenters. The average molecular weight is 274 g/mol. The lowest BCUT2D eigenvalue weighted by atomic mass is 10.2. The lowest BCUT2D eigenvalue weighted by molar-refractivity contribution is -0.118. The minimum absolute atomic E-state index is 0.166. The Bertz CT molecular complexity index is 565. The van der Waals surface area contributed by atoms with Crippen molar-refractivity contribution in [2.75, 3.05) is 5.43 Å². The fourth-order valence-corrected chi connectivity index (χ4v) is 1.94. The first kappa shape index (κ1) is 13.2. The van der Waals surface area contributed by atoms with Gasteiger partial charge in [-0.2, -0.15) is 4.37 Å². The molecule has 1 aromatic heterocycles. The molecule has 2 N–H and O–H groups in total. The summed E-state index contributed by atoms with van der Waals surface area (Å²) in [6, 6.07) is 10.1. The zero-order valence-corrected chi connectivity index (χ0v) is 11.3. The fourth-order valence-electron chi connectivity index (χ4n) is 1.39. The second-order valence-electron chi connectivity index (χ2n) is 3.84. The first-order valence-corrected chi connectivity index (χ1v) is 6.58. The van der Waals surface area contributed by atoms with Gasteiger partial charge in [0, 0.05) is 24.9 Å². The van der Waals surface area contributed by atoms with Gasteiger partial charge in [-0.15, -0.1) is 0 Å². The minimum atomic E-state index is -0.166. The van der Waals surface area contributed by atoms with Crippen LogP contribution >= 0.6 is 11.5 Å². The van der Waals surface area contributed by atoms with Crippen molar-refractivity contribution >= 4 is 28.6 Å². The lowest BCUT2D eigenvalue weighted by Crippen LogP contribution is -2.26. The predicted molar refractivity (Wildman–Crippen MR) is 76.5 cm³/mol. The molecule has 0 atom stereocenters. The number of hydrazine groups is 1. The van der Waals surface area contributed by atoms with Crippen LogP contribution in [0.3, 0.4) is 0 Å². The van der Waals surface area contributed by atoms with Gasteiger partial charge in [0.05, 0.1) is 0 Å². The number of anilines is 1. The van der Waals surface area contributed by atoms with Crippen LogP contribution in [0.4, 0.5) is 5.13 Å². The van der Waals surface area contributed by atoms with Crippen molar-refractivity contribution in [1.29, 1.82) is 0 Å². The van der Waals surface area contributed by atoms with Gasteiger partial charge in [-0.05, 0) is 5.56 Å². The maximum Gasteiger partial charge on any atom is 0.235 e. The van der Waals surface area contributed by atoms with Crippen LogP contribution in [-0.2, 0) is 11.2 Å². The molecule has 0 aliphatic rings. The van der Waals surface area contributed by atoms with E-state index in [1.807, 2.05) is 42.5 Å². The van der Waals surface area contributed by atoms with Crippen molar-refractivity contribution in [2.45, 2.75) is 13.3 Å². The Hall–Kier alpha value is -2.21. The van der Waals surface area contributed by atoms with Crippen molar-refractivity contribution in [1.82, 2.24) is 14.8 Å². The summed E-state index contributed by atoms with van der Waals surface area (Å²) in [6.07, 6.45) is 4.70. The van der Waals surface area contributed by atoms with Crippen LogP contribution in [0.1, 0.15) is 18.3 Å². The van der Waals surface area contributed by atoms with Gasteiger partial charge in [-0.1, -0.05) is 42.5 Å². The van der Waals surface area contributed by atoms with Crippen LogP contribution < -0.4 is 10.9 Å². The fraction of sp³-hybridized carbons (Fsp3) is 0.154. The molecular formula is C13H14N4OS. The van der Waals surface area contributed by atoms with Crippen molar-refractivity contribution in [3.8, 4) is 0 Å². The van der Waals surface area contributed by atoms with Gasteiger partial charge in [0.2, 0.25) is 11.0 Å². The van der Waals surface area contributed by atoms with Crippen LogP contribution in [0, 0.1) is 0 Å². The van der Waals surface area contributed by atoms with E-state index in [2.05, 4.69) is 20.2 Å². The number of carbonyl (C=O) groups is 1.